The van der Waals surface area contributed by atoms with Crippen molar-refractivity contribution in [2.24, 2.45) is 0 Å². The normalized spacial score (nSPS) is 10.7. The zero-order chi connectivity index (χ0) is 30.9. The van der Waals surface area contributed by atoms with E-state index < -0.39 is 36.8 Å². The highest BCUT2D eigenvalue weighted by Gasteiger charge is 2.31. The molecule has 4 aromatic carbocycles. The molecule has 0 aliphatic rings. The summed E-state index contributed by atoms with van der Waals surface area (Å²) in [5.41, 5.74) is -0.154. The van der Waals surface area contributed by atoms with Gasteiger partial charge in [-0.1, -0.05) is 70.7 Å². The predicted octanol–water partition coefficient (Wildman–Crippen LogP) is 7.61. The zero-order valence-electron chi connectivity index (χ0n) is 21.6. The standard InChI is InChI=1S/C30H18Cl4O9/c31-21-9-1-5-17(13-21)25(35)39-29(40-26(36)18-6-2-10-22(32)14-18)43-30(41-27(37)19-7-3-11-23(33)15-19)42-28(38)20-8-4-12-24(34)16-20/h1-16,29-30H. The van der Waals surface area contributed by atoms with Crippen LogP contribution in [0.1, 0.15) is 41.4 Å². The predicted molar refractivity (Wildman–Crippen MR) is 156 cm³/mol. The van der Waals surface area contributed by atoms with Crippen molar-refractivity contribution >= 4 is 70.3 Å². The van der Waals surface area contributed by atoms with E-state index in [-0.39, 0.29) is 42.3 Å². The second-order valence-electron chi connectivity index (χ2n) is 8.38. The molecule has 0 saturated carbocycles. The quantitative estimate of drug-likeness (QED) is 0.125. The molecule has 0 spiro atoms. The van der Waals surface area contributed by atoms with Crippen molar-refractivity contribution in [3.05, 3.63) is 139 Å². The minimum atomic E-state index is -2.22. The summed E-state index contributed by atoms with van der Waals surface area (Å²) in [5, 5.41) is 0.858. The summed E-state index contributed by atoms with van der Waals surface area (Å²) < 4.78 is 26.4. The molecule has 0 bridgehead atoms. The maximum Gasteiger partial charge on any atom is 0.371 e. The van der Waals surface area contributed by atoms with Crippen LogP contribution in [0.25, 0.3) is 0 Å². The van der Waals surface area contributed by atoms with Gasteiger partial charge in [0.15, 0.2) is 0 Å². The van der Waals surface area contributed by atoms with Gasteiger partial charge in [0.2, 0.25) is 0 Å². The van der Waals surface area contributed by atoms with E-state index in [1.165, 1.54) is 97.1 Å². The summed E-state index contributed by atoms with van der Waals surface area (Å²) in [5.74, 6) is -4.19. The Kier molecular flexibility index (Phi) is 11.0. The molecule has 4 rings (SSSR count). The molecule has 0 radical (unpaired) electrons. The Bertz CT molecular complexity index is 1420. The minimum absolute atomic E-state index is 0.0386. The van der Waals surface area contributed by atoms with Gasteiger partial charge >= 0.3 is 36.8 Å². The molecule has 0 aromatic heterocycles. The number of carbonyl (C=O) groups excluding carboxylic acids is 4. The molecule has 0 aliphatic heterocycles. The molecule has 0 atom stereocenters. The van der Waals surface area contributed by atoms with Crippen molar-refractivity contribution in [2.45, 2.75) is 13.0 Å². The van der Waals surface area contributed by atoms with Crippen LogP contribution in [0.15, 0.2) is 97.1 Å². The topological polar surface area (TPSA) is 114 Å². The molecule has 43 heavy (non-hydrogen) atoms. The third-order valence-corrected chi connectivity index (χ3v) is 6.22. The van der Waals surface area contributed by atoms with Crippen LogP contribution in [0.3, 0.4) is 0 Å². The maximum absolute atomic E-state index is 12.9. The van der Waals surface area contributed by atoms with Gasteiger partial charge in [0.1, 0.15) is 0 Å². The van der Waals surface area contributed by atoms with Crippen molar-refractivity contribution in [1.82, 2.24) is 0 Å². The summed E-state index contributed by atoms with van der Waals surface area (Å²) in [6, 6.07) is 22.7. The molecular weight excluding hydrogens is 646 g/mol. The van der Waals surface area contributed by atoms with E-state index in [1.54, 1.807) is 0 Å². The Hall–Kier alpha value is -4.12. The highest BCUT2D eigenvalue weighted by molar-refractivity contribution is 6.31. The Morgan fingerprint density at radius 3 is 0.860 bits per heavy atom. The number of hydrogen-bond donors (Lipinski definition) is 0. The average molecular weight is 664 g/mol. The van der Waals surface area contributed by atoms with E-state index in [2.05, 4.69) is 0 Å². The van der Waals surface area contributed by atoms with E-state index in [0.717, 1.165) is 0 Å². The van der Waals surface area contributed by atoms with E-state index in [4.69, 9.17) is 70.1 Å². The molecule has 0 N–H and O–H groups in total. The summed E-state index contributed by atoms with van der Waals surface area (Å²) in [6.07, 6.45) is 0. The monoisotopic (exact) mass is 662 g/mol. The molecule has 0 fully saturated rings. The van der Waals surface area contributed by atoms with Crippen molar-refractivity contribution < 1.29 is 42.9 Å². The molecule has 9 nitrogen and oxygen atoms in total. The molecule has 0 amide bonds. The number of benzene rings is 4. The lowest BCUT2D eigenvalue weighted by atomic mass is 10.2. The highest BCUT2D eigenvalue weighted by atomic mass is 35.5. The van der Waals surface area contributed by atoms with E-state index in [9.17, 15) is 19.2 Å². The lowest BCUT2D eigenvalue weighted by Crippen LogP contribution is -2.36. The van der Waals surface area contributed by atoms with Crippen LogP contribution in [-0.2, 0) is 23.7 Å². The van der Waals surface area contributed by atoms with Crippen LogP contribution in [0.5, 0.6) is 0 Å². The first kappa shape index (κ1) is 31.8. The Labute approximate surface area is 264 Å². The minimum Gasteiger partial charge on any atom is -0.396 e. The van der Waals surface area contributed by atoms with Crippen LogP contribution >= 0.6 is 46.4 Å². The molecular formula is C30H18Cl4O9. The fourth-order valence-corrected chi connectivity index (χ4v) is 4.09. The third-order valence-electron chi connectivity index (χ3n) is 5.28. The molecule has 0 heterocycles. The number of esters is 4. The van der Waals surface area contributed by atoms with Gasteiger partial charge in [-0.05, 0) is 72.8 Å². The number of carbonyl (C=O) groups is 4. The van der Waals surface area contributed by atoms with Gasteiger partial charge < -0.3 is 18.9 Å². The van der Waals surface area contributed by atoms with Crippen molar-refractivity contribution in [3.63, 3.8) is 0 Å². The van der Waals surface area contributed by atoms with Gasteiger partial charge in [0.05, 0.1) is 22.3 Å². The summed E-state index contributed by atoms with van der Waals surface area (Å²) in [6.45, 7) is -4.44. The zero-order valence-corrected chi connectivity index (χ0v) is 24.6. The van der Waals surface area contributed by atoms with Crippen LogP contribution in [0.4, 0.5) is 0 Å². The van der Waals surface area contributed by atoms with E-state index in [0.29, 0.717) is 0 Å². The molecule has 0 aliphatic carbocycles. The number of halogens is 4. The second kappa shape index (κ2) is 14.9. The molecule has 0 unspecified atom stereocenters. The third kappa shape index (κ3) is 9.44. The van der Waals surface area contributed by atoms with E-state index >= 15 is 0 Å². The van der Waals surface area contributed by atoms with Gasteiger partial charge in [0, 0.05) is 20.1 Å². The molecule has 0 saturated heterocycles. The molecule has 13 heteroatoms. The number of hydrogen-bond acceptors (Lipinski definition) is 9. The number of ether oxygens (including phenoxy) is 5. The van der Waals surface area contributed by atoms with Gasteiger partial charge in [-0.25, -0.2) is 23.9 Å². The first-order chi connectivity index (χ1) is 20.6. The van der Waals surface area contributed by atoms with Crippen LogP contribution < -0.4 is 0 Å². The highest BCUT2D eigenvalue weighted by Crippen LogP contribution is 2.20. The van der Waals surface area contributed by atoms with Gasteiger partial charge in [-0.15, -0.1) is 0 Å². The first-order valence-corrected chi connectivity index (χ1v) is 13.6. The summed E-state index contributed by atoms with van der Waals surface area (Å²) in [7, 11) is 0. The Morgan fingerprint density at radius 1 is 0.419 bits per heavy atom. The fraction of sp³-hybridized carbons (Fsp3) is 0.0667. The fourth-order valence-electron chi connectivity index (χ4n) is 3.33. The Morgan fingerprint density at radius 2 is 0.651 bits per heavy atom. The van der Waals surface area contributed by atoms with Crippen LogP contribution in [-0.4, -0.2) is 36.8 Å². The molecule has 4 aromatic rings. The van der Waals surface area contributed by atoms with Crippen molar-refractivity contribution in [2.75, 3.05) is 0 Å². The Balaban J connectivity index is 1.63. The second-order valence-corrected chi connectivity index (χ2v) is 10.1. The van der Waals surface area contributed by atoms with E-state index in [1.807, 2.05) is 0 Å². The average Bonchev–Trinajstić information content (AvgIpc) is 2.97. The maximum atomic E-state index is 12.9. The van der Waals surface area contributed by atoms with Crippen LogP contribution in [0.2, 0.25) is 20.1 Å². The summed E-state index contributed by atoms with van der Waals surface area (Å²) in [4.78, 5) is 51.6. The first-order valence-electron chi connectivity index (χ1n) is 12.1. The van der Waals surface area contributed by atoms with Gasteiger partial charge in [0.25, 0.3) is 0 Å². The molecule has 220 valence electrons. The largest absolute Gasteiger partial charge is 0.396 e. The lowest BCUT2D eigenvalue weighted by molar-refractivity contribution is -0.343. The van der Waals surface area contributed by atoms with Gasteiger partial charge in [-0.3, -0.25) is 0 Å². The SMILES string of the molecule is O=C(OC(OC(=O)c1cccc(Cl)c1)OC(OC(=O)c1cccc(Cl)c1)OC(=O)c1cccc(Cl)c1)c1cccc(Cl)c1. The van der Waals surface area contributed by atoms with Gasteiger partial charge in [-0.2, -0.15) is 0 Å². The number of rotatable bonds is 10. The van der Waals surface area contributed by atoms with Crippen molar-refractivity contribution in [3.8, 4) is 0 Å². The van der Waals surface area contributed by atoms with Crippen molar-refractivity contribution in [1.29, 1.82) is 0 Å². The summed E-state index contributed by atoms with van der Waals surface area (Å²) >= 11 is 23.9. The van der Waals surface area contributed by atoms with Crippen LogP contribution in [0, 0.1) is 0 Å². The smallest absolute Gasteiger partial charge is 0.371 e. The lowest BCUT2D eigenvalue weighted by Gasteiger charge is -2.24.